The fraction of sp³-hybridized carbons (Fsp3) is 0. The zero-order valence-electron chi connectivity index (χ0n) is 24.1. The molecule has 0 spiro atoms. The monoisotopic (exact) mass is 592 g/mol. The highest BCUT2D eigenvalue weighted by molar-refractivity contribution is 7.26. The minimum atomic E-state index is 0.604. The Hall–Kier alpha value is -5.96. The molecular weight excluding hydrogens is 569 g/mol. The van der Waals surface area contributed by atoms with Crippen LogP contribution in [0.3, 0.4) is 0 Å². The van der Waals surface area contributed by atoms with Crippen molar-refractivity contribution in [3.05, 3.63) is 157 Å². The molecule has 2 aromatic heterocycles. The summed E-state index contributed by atoms with van der Waals surface area (Å²) < 4.78 is 2.42. The summed E-state index contributed by atoms with van der Waals surface area (Å²) in [4.78, 5) is 18.8. The summed E-state index contributed by atoms with van der Waals surface area (Å²) in [6.45, 7) is 7.48. The van der Waals surface area contributed by atoms with Gasteiger partial charge in [-0.2, -0.15) is 0 Å². The van der Waals surface area contributed by atoms with E-state index in [0.29, 0.717) is 23.2 Å². The molecule has 0 radical (unpaired) electrons. The lowest BCUT2D eigenvalue weighted by Gasteiger charge is -2.14. The second-order valence-corrected chi connectivity index (χ2v) is 11.8. The highest BCUT2D eigenvalue weighted by Gasteiger charge is 2.20. The Balaban J connectivity index is 1.37. The Morgan fingerprint density at radius 1 is 0.444 bits per heavy atom. The normalized spacial score (nSPS) is 11.1. The molecule has 8 aromatic rings. The molecular formula is C40H24N4S. The smallest absolute Gasteiger partial charge is 0.187 e. The van der Waals surface area contributed by atoms with Crippen molar-refractivity contribution in [3.63, 3.8) is 0 Å². The van der Waals surface area contributed by atoms with Crippen LogP contribution in [0.5, 0.6) is 0 Å². The molecule has 0 saturated heterocycles. The van der Waals surface area contributed by atoms with Crippen LogP contribution in [-0.4, -0.2) is 15.0 Å². The van der Waals surface area contributed by atoms with Gasteiger partial charge < -0.3 is 0 Å². The van der Waals surface area contributed by atoms with Gasteiger partial charge in [0.15, 0.2) is 23.2 Å². The molecule has 5 heteroatoms. The van der Waals surface area contributed by atoms with Crippen molar-refractivity contribution in [3.8, 4) is 56.4 Å². The van der Waals surface area contributed by atoms with Crippen LogP contribution in [0.15, 0.2) is 146 Å². The standard InChI is InChI=1S/C40H24N4S/c1-41-31-22-20-28(21-23-31)36-33(24-25-35-37(36)32-14-8-9-15-34(32)45-35)40-43-38(29-12-6-3-7-13-29)42-39(44-40)30-18-16-27(17-19-30)26-10-4-2-5-11-26/h2-25H. The first-order valence-corrected chi connectivity index (χ1v) is 15.5. The molecule has 4 nitrogen and oxygen atoms in total. The van der Waals surface area contributed by atoms with Gasteiger partial charge in [0.05, 0.1) is 6.57 Å². The molecule has 0 unspecified atom stereocenters. The number of benzene rings is 6. The average Bonchev–Trinajstić information content (AvgIpc) is 3.51. The highest BCUT2D eigenvalue weighted by Crippen LogP contribution is 2.45. The van der Waals surface area contributed by atoms with E-state index >= 15 is 0 Å². The van der Waals surface area contributed by atoms with Gasteiger partial charge in [-0.15, -0.1) is 11.3 Å². The molecule has 210 valence electrons. The molecule has 0 aliphatic heterocycles. The number of fused-ring (bicyclic) bond motifs is 3. The minimum absolute atomic E-state index is 0.604. The fourth-order valence-electron chi connectivity index (χ4n) is 5.79. The molecule has 8 rings (SSSR count). The summed E-state index contributed by atoms with van der Waals surface area (Å²) >= 11 is 1.78. The number of aromatic nitrogens is 3. The van der Waals surface area contributed by atoms with Gasteiger partial charge in [-0.3, -0.25) is 0 Å². The van der Waals surface area contributed by atoms with Crippen LogP contribution in [0.4, 0.5) is 5.69 Å². The minimum Gasteiger partial charge on any atom is -0.238 e. The predicted molar refractivity (Wildman–Crippen MR) is 186 cm³/mol. The van der Waals surface area contributed by atoms with Crippen molar-refractivity contribution < 1.29 is 0 Å². The van der Waals surface area contributed by atoms with Crippen molar-refractivity contribution in [2.24, 2.45) is 0 Å². The third-order valence-corrected chi connectivity index (χ3v) is 9.12. The van der Waals surface area contributed by atoms with Gasteiger partial charge in [0.1, 0.15) is 0 Å². The van der Waals surface area contributed by atoms with Gasteiger partial charge in [-0.25, -0.2) is 19.8 Å². The zero-order chi connectivity index (χ0) is 30.2. The van der Waals surface area contributed by atoms with Gasteiger partial charge in [0, 0.05) is 42.4 Å². The van der Waals surface area contributed by atoms with Crippen molar-refractivity contribution >= 4 is 37.2 Å². The molecule has 0 aliphatic carbocycles. The van der Waals surface area contributed by atoms with Crippen LogP contribution in [0.25, 0.3) is 81.4 Å². The van der Waals surface area contributed by atoms with Crippen molar-refractivity contribution in [2.75, 3.05) is 0 Å². The quantitative estimate of drug-likeness (QED) is 0.187. The van der Waals surface area contributed by atoms with Gasteiger partial charge >= 0.3 is 0 Å². The Labute approximate surface area is 264 Å². The molecule has 45 heavy (non-hydrogen) atoms. The van der Waals surface area contributed by atoms with Crippen LogP contribution in [-0.2, 0) is 0 Å². The van der Waals surface area contributed by atoms with E-state index in [1.54, 1.807) is 11.3 Å². The number of hydrogen-bond acceptors (Lipinski definition) is 4. The second kappa shape index (κ2) is 11.3. The third kappa shape index (κ3) is 4.94. The first kappa shape index (κ1) is 26.7. The van der Waals surface area contributed by atoms with Crippen LogP contribution in [0.2, 0.25) is 0 Å². The van der Waals surface area contributed by atoms with E-state index in [1.165, 1.54) is 20.2 Å². The van der Waals surface area contributed by atoms with Crippen LogP contribution < -0.4 is 0 Å². The van der Waals surface area contributed by atoms with Gasteiger partial charge in [-0.1, -0.05) is 127 Å². The largest absolute Gasteiger partial charge is 0.238 e. The molecule has 0 amide bonds. The van der Waals surface area contributed by atoms with Crippen molar-refractivity contribution in [1.82, 2.24) is 15.0 Å². The van der Waals surface area contributed by atoms with E-state index in [1.807, 2.05) is 72.8 Å². The van der Waals surface area contributed by atoms with E-state index in [-0.39, 0.29) is 0 Å². The molecule has 2 heterocycles. The topological polar surface area (TPSA) is 43.0 Å². The summed E-state index contributed by atoms with van der Waals surface area (Å²) in [6.07, 6.45) is 0. The maximum Gasteiger partial charge on any atom is 0.187 e. The predicted octanol–water partition coefficient (Wildman–Crippen LogP) is 11.1. The highest BCUT2D eigenvalue weighted by atomic mass is 32.1. The van der Waals surface area contributed by atoms with E-state index < -0.39 is 0 Å². The lowest BCUT2D eigenvalue weighted by molar-refractivity contribution is 1.07. The Morgan fingerprint density at radius 2 is 0.978 bits per heavy atom. The van der Waals surface area contributed by atoms with Gasteiger partial charge in [0.25, 0.3) is 0 Å². The van der Waals surface area contributed by atoms with E-state index in [9.17, 15) is 0 Å². The van der Waals surface area contributed by atoms with Crippen molar-refractivity contribution in [1.29, 1.82) is 0 Å². The SMILES string of the molecule is [C-]#[N+]c1ccc(-c2c(-c3nc(-c4ccccc4)nc(-c4ccc(-c5ccccc5)cc4)n3)ccc3sc4ccccc4c23)cc1. The van der Waals surface area contributed by atoms with Crippen LogP contribution >= 0.6 is 11.3 Å². The Bertz CT molecular complexity index is 2350. The molecule has 0 saturated carbocycles. The second-order valence-electron chi connectivity index (χ2n) is 10.7. The maximum atomic E-state index is 7.48. The number of thiophene rings is 1. The molecule has 0 atom stereocenters. The average molecular weight is 593 g/mol. The number of hydrogen-bond donors (Lipinski definition) is 0. The van der Waals surface area contributed by atoms with Crippen LogP contribution in [0, 0.1) is 6.57 Å². The summed E-state index contributed by atoms with van der Waals surface area (Å²) in [5.41, 5.74) is 7.74. The zero-order valence-corrected chi connectivity index (χ0v) is 24.9. The molecule has 0 N–H and O–H groups in total. The molecule has 0 bridgehead atoms. The Kier molecular flexibility index (Phi) is 6.68. The number of nitrogens with zero attached hydrogens (tertiary/aromatic N) is 4. The van der Waals surface area contributed by atoms with E-state index in [2.05, 4.69) is 77.6 Å². The molecule has 6 aromatic carbocycles. The van der Waals surface area contributed by atoms with Gasteiger partial charge in [0.2, 0.25) is 0 Å². The lowest BCUT2D eigenvalue weighted by atomic mass is 9.93. The summed E-state index contributed by atoms with van der Waals surface area (Å²) in [5, 5.41) is 2.36. The third-order valence-electron chi connectivity index (χ3n) is 7.99. The maximum absolute atomic E-state index is 7.48. The number of rotatable bonds is 5. The lowest BCUT2D eigenvalue weighted by Crippen LogP contribution is -2.01. The summed E-state index contributed by atoms with van der Waals surface area (Å²) in [6, 6.07) is 49.4. The Morgan fingerprint density at radius 3 is 1.67 bits per heavy atom. The van der Waals surface area contributed by atoms with Crippen molar-refractivity contribution in [2.45, 2.75) is 0 Å². The molecule has 0 aliphatic rings. The van der Waals surface area contributed by atoms with Gasteiger partial charge in [-0.05, 0) is 34.9 Å². The van der Waals surface area contributed by atoms with E-state index in [4.69, 9.17) is 21.5 Å². The summed E-state index contributed by atoms with van der Waals surface area (Å²) in [7, 11) is 0. The summed E-state index contributed by atoms with van der Waals surface area (Å²) in [5.74, 6) is 1.84. The van der Waals surface area contributed by atoms with E-state index in [0.717, 1.165) is 38.9 Å². The molecule has 0 fully saturated rings. The fourth-order valence-corrected chi connectivity index (χ4v) is 6.90. The first-order valence-electron chi connectivity index (χ1n) is 14.6. The first-order chi connectivity index (χ1) is 22.2. The van der Waals surface area contributed by atoms with Crippen LogP contribution in [0.1, 0.15) is 0 Å².